The molecule has 0 aliphatic carbocycles. The second-order valence-electron chi connectivity index (χ2n) is 4.05. The van der Waals surface area contributed by atoms with E-state index < -0.39 is 10.0 Å². The molecule has 7 heteroatoms. The van der Waals surface area contributed by atoms with Crippen molar-refractivity contribution < 1.29 is 12.9 Å². The molecule has 0 bridgehead atoms. The normalized spacial score (nSPS) is 12.2. The molecule has 0 saturated carbocycles. The maximum Gasteiger partial charge on any atom is 0.248 e. The van der Waals surface area contributed by atoms with Crippen LogP contribution in [-0.2, 0) is 16.6 Å². The van der Waals surface area contributed by atoms with Crippen LogP contribution in [0.15, 0.2) is 26.2 Å². The van der Waals surface area contributed by atoms with Crippen LogP contribution in [0.3, 0.4) is 0 Å². The first-order chi connectivity index (χ1) is 8.43. The average Bonchev–Trinajstić information content (AvgIpc) is 2.89. The van der Waals surface area contributed by atoms with Crippen molar-refractivity contribution in [2.45, 2.75) is 25.3 Å². The Labute approximate surface area is 110 Å². The maximum atomic E-state index is 12.4. The summed E-state index contributed by atoms with van der Waals surface area (Å²) in [4.78, 5) is 0.167. The van der Waals surface area contributed by atoms with Gasteiger partial charge in [0.2, 0.25) is 10.0 Å². The van der Waals surface area contributed by atoms with E-state index in [4.69, 9.17) is 4.52 Å². The molecule has 2 heterocycles. The predicted molar refractivity (Wildman–Crippen MR) is 68.9 cm³/mol. The van der Waals surface area contributed by atoms with E-state index in [1.54, 1.807) is 32.2 Å². The van der Waals surface area contributed by atoms with E-state index in [1.165, 1.54) is 4.31 Å². The molecular weight excluding hydrogens is 272 g/mol. The maximum absolute atomic E-state index is 12.4. The molecule has 0 fully saturated rings. The lowest BCUT2D eigenvalue weighted by atomic mass is 10.3. The number of thiophene rings is 1. The largest absolute Gasteiger partial charge is 0.360 e. The lowest BCUT2D eigenvalue weighted by molar-refractivity contribution is 0.389. The van der Waals surface area contributed by atoms with Gasteiger partial charge >= 0.3 is 0 Å². The first kappa shape index (κ1) is 13.3. The minimum Gasteiger partial charge on any atom is -0.360 e. The molecule has 0 aromatic carbocycles. The molecule has 0 unspecified atom stereocenters. The molecule has 0 spiro atoms. The highest BCUT2D eigenvalue weighted by atomic mass is 32.2. The Bertz CT molecular complexity index is 610. The number of rotatable bonds is 4. The molecular formula is C11H14N2O3S2. The van der Waals surface area contributed by atoms with Crippen LogP contribution >= 0.6 is 11.3 Å². The van der Waals surface area contributed by atoms with Crippen LogP contribution in [0.5, 0.6) is 0 Å². The fourth-order valence-electron chi connectivity index (χ4n) is 1.72. The molecule has 0 aliphatic rings. The van der Waals surface area contributed by atoms with Crippen molar-refractivity contribution >= 4 is 21.4 Å². The van der Waals surface area contributed by atoms with E-state index in [0.717, 1.165) is 5.56 Å². The SMILES string of the molecule is Cc1noc(C)c1S(=O)(=O)N(C)Cc1ccsc1. The summed E-state index contributed by atoms with van der Waals surface area (Å²) in [5.74, 6) is 0.324. The summed E-state index contributed by atoms with van der Waals surface area (Å²) in [7, 11) is -2.00. The summed E-state index contributed by atoms with van der Waals surface area (Å²) in [6, 6.07) is 1.91. The lowest BCUT2D eigenvalue weighted by Crippen LogP contribution is -2.27. The monoisotopic (exact) mass is 286 g/mol. The van der Waals surface area contributed by atoms with Gasteiger partial charge in [-0.3, -0.25) is 0 Å². The number of sulfonamides is 1. The summed E-state index contributed by atoms with van der Waals surface area (Å²) in [6.07, 6.45) is 0. The second-order valence-corrected chi connectivity index (χ2v) is 6.81. The van der Waals surface area contributed by atoms with Crippen molar-refractivity contribution in [1.29, 1.82) is 0 Å². The summed E-state index contributed by atoms with van der Waals surface area (Å²) < 4.78 is 31.0. The molecule has 0 amide bonds. The van der Waals surface area contributed by atoms with Gasteiger partial charge in [-0.1, -0.05) is 5.16 Å². The van der Waals surface area contributed by atoms with Crippen LogP contribution in [0.1, 0.15) is 17.0 Å². The lowest BCUT2D eigenvalue weighted by Gasteiger charge is -2.16. The van der Waals surface area contributed by atoms with E-state index >= 15 is 0 Å². The minimum absolute atomic E-state index is 0.167. The van der Waals surface area contributed by atoms with Crippen LogP contribution in [0.2, 0.25) is 0 Å². The zero-order valence-corrected chi connectivity index (χ0v) is 12.0. The number of hydrogen-bond acceptors (Lipinski definition) is 5. The molecule has 2 rings (SSSR count). The first-order valence-electron chi connectivity index (χ1n) is 5.33. The molecule has 2 aromatic rings. The summed E-state index contributed by atoms with van der Waals surface area (Å²) in [5, 5.41) is 7.54. The van der Waals surface area contributed by atoms with E-state index in [0.29, 0.717) is 18.0 Å². The zero-order chi connectivity index (χ0) is 13.3. The summed E-state index contributed by atoms with van der Waals surface area (Å²) >= 11 is 1.54. The standard InChI is InChI=1S/C11H14N2O3S2/c1-8-11(9(2)16-12-8)18(14,15)13(3)6-10-4-5-17-7-10/h4-5,7H,6H2,1-3H3. The smallest absolute Gasteiger partial charge is 0.248 e. The van der Waals surface area contributed by atoms with Gasteiger partial charge in [0.1, 0.15) is 10.6 Å². The van der Waals surface area contributed by atoms with Crippen LogP contribution in [-0.4, -0.2) is 24.9 Å². The topological polar surface area (TPSA) is 63.4 Å². The molecule has 2 aromatic heterocycles. The Morgan fingerprint density at radius 2 is 2.17 bits per heavy atom. The van der Waals surface area contributed by atoms with E-state index in [2.05, 4.69) is 5.16 Å². The minimum atomic E-state index is -3.55. The van der Waals surface area contributed by atoms with Gasteiger partial charge in [-0.25, -0.2) is 8.42 Å². The Kier molecular flexibility index (Phi) is 3.56. The average molecular weight is 286 g/mol. The van der Waals surface area contributed by atoms with Gasteiger partial charge in [-0.15, -0.1) is 0 Å². The third-order valence-corrected chi connectivity index (χ3v) is 5.40. The van der Waals surface area contributed by atoms with Gasteiger partial charge in [-0.05, 0) is 36.2 Å². The number of aryl methyl sites for hydroxylation is 2. The van der Waals surface area contributed by atoms with Gasteiger partial charge in [-0.2, -0.15) is 15.6 Å². The van der Waals surface area contributed by atoms with Crippen LogP contribution in [0, 0.1) is 13.8 Å². The van der Waals surface area contributed by atoms with Crippen LogP contribution in [0.25, 0.3) is 0 Å². The Balaban J connectivity index is 2.32. The number of aromatic nitrogens is 1. The van der Waals surface area contributed by atoms with Crippen LogP contribution in [0.4, 0.5) is 0 Å². The van der Waals surface area contributed by atoms with Gasteiger partial charge < -0.3 is 4.52 Å². The van der Waals surface area contributed by atoms with Crippen molar-refractivity contribution in [3.05, 3.63) is 33.8 Å². The molecule has 0 saturated heterocycles. The molecule has 5 nitrogen and oxygen atoms in total. The quantitative estimate of drug-likeness (QED) is 0.864. The zero-order valence-electron chi connectivity index (χ0n) is 10.4. The molecule has 98 valence electrons. The van der Waals surface area contributed by atoms with Crippen molar-refractivity contribution in [2.75, 3.05) is 7.05 Å². The molecule has 18 heavy (non-hydrogen) atoms. The third-order valence-electron chi connectivity index (χ3n) is 2.62. The van der Waals surface area contributed by atoms with E-state index in [-0.39, 0.29) is 4.90 Å². The van der Waals surface area contributed by atoms with E-state index in [9.17, 15) is 8.42 Å². The second kappa shape index (κ2) is 4.83. The van der Waals surface area contributed by atoms with Crippen molar-refractivity contribution in [3.63, 3.8) is 0 Å². The predicted octanol–water partition coefficient (Wildman–Crippen LogP) is 2.17. The van der Waals surface area contributed by atoms with Gasteiger partial charge in [0.15, 0.2) is 5.76 Å². The highest BCUT2D eigenvalue weighted by Gasteiger charge is 2.28. The highest BCUT2D eigenvalue weighted by molar-refractivity contribution is 7.89. The Morgan fingerprint density at radius 3 is 2.67 bits per heavy atom. The Hall–Kier alpha value is -1.18. The fraction of sp³-hybridized carbons (Fsp3) is 0.364. The molecule has 0 radical (unpaired) electrons. The van der Waals surface area contributed by atoms with Gasteiger partial charge in [0, 0.05) is 13.6 Å². The first-order valence-corrected chi connectivity index (χ1v) is 7.71. The number of hydrogen-bond donors (Lipinski definition) is 0. The van der Waals surface area contributed by atoms with Gasteiger partial charge in [0.05, 0.1) is 0 Å². The molecule has 0 atom stereocenters. The summed E-state index contributed by atoms with van der Waals surface area (Å²) in [5.41, 5.74) is 1.36. The van der Waals surface area contributed by atoms with Gasteiger partial charge in [0.25, 0.3) is 0 Å². The molecule has 0 N–H and O–H groups in total. The fourth-order valence-corrected chi connectivity index (χ4v) is 3.83. The highest BCUT2D eigenvalue weighted by Crippen LogP contribution is 2.23. The van der Waals surface area contributed by atoms with Crippen molar-refractivity contribution in [1.82, 2.24) is 9.46 Å². The summed E-state index contributed by atoms with van der Waals surface area (Å²) in [6.45, 7) is 3.57. The van der Waals surface area contributed by atoms with Crippen molar-refractivity contribution in [3.8, 4) is 0 Å². The van der Waals surface area contributed by atoms with E-state index in [1.807, 2.05) is 16.8 Å². The third kappa shape index (κ3) is 2.33. The van der Waals surface area contributed by atoms with Crippen molar-refractivity contribution in [2.24, 2.45) is 0 Å². The Morgan fingerprint density at radius 1 is 1.44 bits per heavy atom. The molecule has 0 aliphatic heterocycles. The van der Waals surface area contributed by atoms with Crippen LogP contribution < -0.4 is 0 Å². The number of nitrogens with zero attached hydrogens (tertiary/aromatic N) is 2.